The standard InChI is InChI=1S/C12H17NO4/c1-13-8-10(15)9-3-4-11(17-6-5-14)12(7-9)16-2/h3-4,7,13-14H,5-6,8H2,1-2H3. The molecule has 1 aromatic carbocycles. The van der Waals surface area contributed by atoms with Gasteiger partial charge in [0, 0.05) is 5.56 Å². The van der Waals surface area contributed by atoms with Crippen molar-refractivity contribution in [3.8, 4) is 11.5 Å². The molecule has 0 unspecified atom stereocenters. The molecule has 0 saturated heterocycles. The van der Waals surface area contributed by atoms with E-state index in [1.807, 2.05) is 0 Å². The highest BCUT2D eigenvalue weighted by molar-refractivity contribution is 5.98. The quantitative estimate of drug-likeness (QED) is 0.677. The fourth-order valence-electron chi connectivity index (χ4n) is 1.38. The van der Waals surface area contributed by atoms with Crippen LogP contribution in [0.15, 0.2) is 18.2 Å². The lowest BCUT2D eigenvalue weighted by Crippen LogP contribution is -2.18. The van der Waals surface area contributed by atoms with E-state index in [0.717, 1.165) is 0 Å². The zero-order chi connectivity index (χ0) is 12.7. The van der Waals surface area contributed by atoms with Gasteiger partial charge in [0.25, 0.3) is 0 Å². The van der Waals surface area contributed by atoms with E-state index in [1.54, 1.807) is 25.2 Å². The van der Waals surface area contributed by atoms with E-state index in [4.69, 9.17) is 14.6 Å². The second kappa shape index (κ2) is 6.88. The van der Waals surface area contributed by atoms with Gasteiger partial charge in [0.05, 0.1) is 20.3 Å². The van der Waals surface area contributed by atoms with Crippen molar-refractivity contribution in [3.63, 3.8) is 0 Å². The minimum atomic E-state index is -0.0659. The Hall–Kier alpha value is -1.59. The molecule has 2 N–H and O–H groups in total. The van der Waals surface area contributed by atoms with Gasteiger partial charge < -0.3 is 19.9 Å². The molecule has 0 bridgehead atoms. The summed E-state index contributed by atoms with van der Waals surface area (Å²) in [4.78, 5) is 11.6. The Balaban J connectivity index is 2.87. The molecule has 0 aliphatic rings. The Labute approximate surface area is 100 Å². The predicted octanol–water partition coefficient (Wildman–Crippen LogP) is 0.468. The van der Waals surface area contributed by atoms with Gasteiger partial charge in [-0.05, 0) is 25.2 Å². The van der Waals surface area contributed by atoms with Crippen LogP contribution in [0.3, 0.4) is 0 Å². The summed E-state index contributed by atoms with van der Waals surface area (Å²) in [7, 11) is 3.22. The Morgan fingerprint density at radius 1 is 1.41 bits per heavy atom. The van der Waals surface area contributed by atoms with Gasteiger partial charge in [-0.1, -0.05) is 0 Å². The Bertz CT molecular complexity index is 379. The topological polar surface area (TPSA) is 67.8 Å². The van der Waals surface area contributed by atoms with Gasteiger partial charge in [0.15, 0.2) is 17.3 Å². The zero-order valence-electron chi connectivity index (χ0n) is 10.0. The molecule has 0 aromatic heterocycles. The summed E-state index contributed by atoms with van der Waals surface area (Å²) in [5.74, 6) is 0.988. The molecule has 0 radical (unpaired) electrons. The first-order valence-corrected chi connectivity index (χ1v) is 5.32. The van der Waals surface area contributed by atoms with Gasteiger partial charge in [-0.15, -0.1) is 0 Å². The van der Waals surface area contributed by atoms with Crippen LogP contribution >= 0.6 is 0 Å². The molecule has 0 spiro atoms. The summed E-state index contributed by atoms with van der Waals surface area (Å²) in [5.41, 5.74) is 0.563. The number of hydrogen-bond donors (Lipinski definition) is 2. The van der Waals surface area contributed by atoms with Crippen molar-refractivity contribution in [2.24, 2.45) is 0 Å². The van der Waals surface area contributed by atoms with Crippen molar-refractivity contribution in [1.29, 1.82) is 0 Å². The van der Waals surface area contributed by atoms with Gasteiger partial charge in [0.1, 0.15) is 6.61 Å². The molecule has 0 aliphatic carbocycles. The number of ether oxygens (including phenoxy) is 2. The number of hydrogen-bond acceptors (Lipinski definition) is 5. The first-order chi connectivity index (χ1) is 8.22. The maximum absolute atomic E-state index is 11.6. The number of Topliss-reactive ketones (excluding diaryl/α,β-unsaturated/α-hetero) is 1. The lowest BCUT2D eigenvalue weighted by molar-refractivity contribution is 0.0993. The van der Waals surface area contributed by atoms with Crippen LogP contribution in [0.1, 0.15) is 10.4 Å². The molecule has 5 heteroatoms. The van der Waals surface area contributed by atoms with Crippen LogP contribution in [0, 0.1) is 0 Å². The molecule has 0 fully saturated rings. The number of likely N-dealkylation sites (N-methyl/N-ethyl adjacent to an activating group) is 1. The Morgan fingerprint density at radius 3 is 2.76 bits per heavy atom. The van der Waals surface area contributed by atoms with Crippen molar-refractivity contribution in [3.05, 3.63) is 23.8 Å². The highest BCUT2D eigenvalue weighted by Crippen LogP contribution is 2.28. The molecule has 5 nitrogen and oxygen atoms in total. The van der Waals surface area contributed by atoms with Crippen molar-refractivity contribution in [1.82, 2.24) is 5.32 Å². The Morgan fingerprint density at radius 2 is 2.18 bits per heavy atom. The number of methoxy groups -OCH3 is 1. The molecule has 17 heavy (non-hydrogen) atoms. The largest absolute Gasteiger partial charge is 0.493 e. The van der Waals surface area contributed by atoms with Crippen molar-refractivity contribution >= 4 is 5.78 Å². The third kappa shape index (κ3) is 3.72. The van der Waals surface area contributed by atoms with Gasteiger partial charge in [-0.2, -0.15) is 0 Å². The van der Waals surface area contributed by atoms with Crippen LogP contribution in [-0.2, 0) is 0 Å². The molecule has 1 aromatic rings. The van der Waals surface area contributed by atoms with E-state index in [0.29, 0.717) is 17.1 Å². The predicted molar refractivity (Wildman–Crippen MR) is 63.8 cm³/mol. The second-order valence-electron chi connectivity index (χ2n) is 3.39. The minimum absolute atomic E-state index is 0.0143. The van der Waals surface area contributed by atoms with Gasteiger partial charge in [-0.25, -0.2) is 0 Å². The lowest BCUT2D eigenvalue weighted by Gasteiger charge is -2.11. The van der Waals surface area contributed by atoms with E-state index in [1.165, 1.54) is 7.11 Å². The normalized spacial score (nSPS) is 10.1. The SMILES string of the molecule is CNCC(=O)c1ccc(OCCO)c(OC)c1. The maximum atomic E-state index is 11.6. The first kappa shape index (κ1) is 13.5. The summed E-state index contributed by atoms with van der Waals surface area (Å²) < 4.78 is 10.4. The summed E-state index contributed by atoms with van der Waals surface area (Å²) >= 11 is 0. The minimum Gasteiger partial charge on any atom is -0.493 e. The maximum Gasteiger partial charge on any atom is 0.176 e. The number of aliphatic hydroxyl groups is 1. The molecule has 0 heterocycles. The fraction of sp³-hybridized carbons (Fsp3) is 0.417. The van der Waals surface area contributed by atoms with Gasteiger partial charge in [-0.3, -0.25) is 4.79 Å². The Kier molecular flexibility index (Phi) is 5.45. The van der Waals surface area contributed by atoms with Crippen LogP contribution in [0.5, 0.6) is 11.5 Å². The number of benzene rings is 1. The van der Waals surface area contributed by atoms with Gasteiger partial charge >= 0.3 is 0 Å². The molecule has 1 rings (SSSR count). The van der Waals surface area contributed by atoms with E-state index < -0.39 is 0 Å². The summed E-state index contributed by atoms with van der Waals surface area (Å²) in [6.07, 6.45) is 0. The lowest BCUT2D eigenvalue weighted by atomic mass is 10.1. The van der Waals surface area contributed by atoms with E-state index >= 15 is 0 Å². The van der Waals surface area contributed by atoms with Crippen molar-refractivity contribution in [2.75, 3.05) is 33.9 Å². The third-order valence-electron chi connectivity index (χ3n) is 2.17. The molecule has 0 aliphatic heterocycles. The van der Waals surface area contributed by atoms with E-state index in [-0.39, 0.29) is 25.5 Å². The smallest absolute Gasteiger partial charge is 0.176 e. The highest BCUT2D eigenvalue weighted by Gasteiger charge is 2.10. The summed E-state index contributed by atoms with van der Waals surface area (Å²) in [5, 5.41) is 11.5. The molecular formula is C12H17NO4. The molecule has 0 saturated carbocycles. The zero-order valence-corrected chi connectivity index (χ0v) is 10.0. The van der Waals surface area contributed by atoms with Crippen molar-refractivity contribution in [2.45, 2.75) is 0 Å². The number of carbonyl (C=O) groups is 1. The number of rotatable bonds is 7. The molecule has 0 atom stereocenters. The number of carbonyl (C=O) groups excluding carboxylic acids is 1. The molecule has 0 amide bonds. The van der Waals surface area contributed by atoms with Crippen LogP contribution in [0.2, 0.25) is 0 Å². The van der Waals surface area contributed by atoms with E-state index in [9.17, 15) is 4.79 Å². The van der Waals surface area contributed by atoms with Gasteiger partial charge in [0.2, 0.25) is 0 Å². The molecule has 94 valence electrons. The number of aliphatic hydroxyl groups excluding tert-OH is 1. The van der Waals surface area contributed by atoms with Crippen molar-refractivity contribution < 1.29 is 19.4 Å². The van der Waals surface area contributed by atoms with Crippen LogP contribution < -0.4 is 14.8 Å². The summed E-state index contributed by atoms with van der Waals surface area (Å²) in [6.45, 7) is 0.407. The monoisotopic (exact) mass is 239 g/mol. The third-order valence-corrected chi connectivity index (χ3v) is 2.17. The van der Waals surface area contributed by atoms with Crippen LogP contribution in [-0.4, -0.2) is 44.8 Å². The molecular weight excluding hydrogens is 222 g/mol. The summed E-state index contributed by atoms with van der Waals surface area (Å²) in [6, 6.07) is 4.97. The van der Waals surface area contributed by atoms with Crippen LogP contribution in [0.4, 0.5) is 0 Å². The first-order valence-electron chi connectivity index (χ1n) is 5.32. The fourth-order valence-corrected chi connectivity index (χ4v) is 1.38. The average molecular weight is 239 g/mol. The van der Waals surface area contributed by atoms with E-state index in [2.05, 4.69) is 5.32 Å². The number of nitrogens with one attached hydrogen (secondary N) is 1. The number of ketones is 1. The highest BCUT2D eigenvalue weighted by atomic mass is 16.5. The average Bonchev–Trinajstić information content (AvgIpc) is 2.36. The second-order valence-corrected chi connectivity index (χ2v) is 3.39. The van der Waals surface area contributed by atoms with Crippen LogP contribution in [0.25, 0.3) is 0 Å².